The lowest BCUT2D eigenvalue weighted by atomic mass is 10.0. The third-order valence-corrected chi connectivity index (χ3v) is 3.85. The van der Waals surface area contributed by atoms with Crippen molar-refractivity contribution < 1.29 is 0 Å². The molecule has 110 valence electrons. The van der Waals surface area contributed by atoms with E-state index in [2.05, 4.69) is 33.8 Å². The van der Waals surface area contributed by atoms with Crippen molar-refractivity contribution in [3.8, 4) is 24.2 Å². The van der Waals surface area contributed by atoms with E-state index in [0.717, 1.165) is 38.5 Å². The van der Waals surface area contributed by atoms with Gasteiger partial charge in [0.1, 0.15) is 0 Å². The van der Waals surface area contributed by atoms with Crippen LogP contribution in [0.5, 0.6) is 0 Å². The second kappa shape index (κ2) is 5.88. The standard InChI is InChI=1S/C22H12N2/c1-2-16-7-9-17(10-8-16)11-12-18-15-19-5-3-13-23-21(19)22-20(18)6-4-14-24-22/h1,3-10,13-15H. The van der Waals surface area contributed by atoms with Gasteiger partial charge in [-0.25, -0.2) is 0 Å². The molecule has 2 aromatic heterocycles. The van der Waals surface area contributed by atoms with E-state index in [1.807, 2.05) is 48.5 Å². The predicted molar refractivity (Wildman–Crippen MR) is 97.4 cm³/mol. The zero-order valence-corrected chi connectivity index (χ0v) is 12.8. The topological polar surface area (TPSA) is 25.8 Å². The first kappa shape index (κ1) is 14.0. The molecular formula is C22H12N2. The van der Waals surface area contributed by atoms with E-state index in [1.54, 1.807) is 12.4 Å². The Morgan fingerprint density at radius 3 is 2.25 bits per heavy atom. The molecule has 0 bridgehead atoms. The maximum atomic E-state index is 5.38. The van der Waals surface area contributed by atoms with E-state index in [1.165, 1.54) is 0 Å². The summed E-state index contributed by atoms with van der Waals surface area (Å²) in [5.74, 6) is 9.08. The average molecular weight is 304 g/mol. The summed E-state index contributed by atoms with van der Waals surface area (Å²) in [6.45, 7) is 0. The van der Waals surface area contributed by atoms with E-state index in [9.17, 15) is 0 Å². The Hall–Kier alpha value is -3.62. The van der Waals surface area contributed by atoms with Gasteiger partial charge in [-0.15, -0.1) is 6.42 Å². The second-order valence-corrected chi connectivity index (χ2v) is 5.37. The molecule has 0 saturated heterocycles. The molecule has 4 aromatic rings. The van der Waals surface area contributed by atoms with Crippen LogP contribution in [-0.2, 0) is 0 Å². The Morgan fingerprint density at radius 1 is 0.750 bits per heavy atom. The van der Waals surface area contributed by atoms with Crippen LogP contribution in [0.1, 0.15) is 16.7 Å². The number of hydrogen-bond acceptors (Lipinski definition) is 2. The summed E-state index contributed by atoms with van der Waals surface area (Å²) in [7, 11) is 0. The molecule has 2 nitrogen and oxygen atoms in total. The number of nitrogens with zero attached hydrogens (tertiary/aromatic N) is 2. The van der Waals surface area contributed by atoms with E-state index < -0.39 is 0 Å². The van der Waals surface area contributed by atoms with Gasteiger partial charge in [-0.1, -0.05) is 23.8 Å². The normalized spacial score (nSPS) is 10.1. The molecule has 2 heterocycles. The van der Waals surface area contributed by atoms with Crippen LogP contribution in [0.3, 0.4) is 0 Å². The Kier molecular flexibility index (Phi) is 3.43. The number of hydrogen-bond donors (Lipinski definition) is 0. The molecule has 0 aliphatic heterocycles. The fourth-order valence-corrected chi connectivity index (χ4v) is 2.67. The summed E-state index contributed by atoms with van der Waals surface area (Å²) >= 11 is 0. The number of terminal acetylenes is 1. The fourth-order valence-electron chi connectivity index (χ4n) is 2.67. The largest absolute Gasteiger partial charge is 0.254 e. The summed E-state index contributed by atoms with van der Waals surface area (Å²) in [6, 6.07) is 17.6. The van der Waals surface area contributed by atoms with Crippen LogP contribution < -0.4 is 0 Å². The lowest BCUT2D eigenvalue weighted by Crippen LogP contribution is -1.88. The van der Waals surface area contributed by atoms with Gasteiger partial charge in [0.25, 0.3) is 0 Å². The van der Waals surface area contributed by atoms with Gasteiger partial charge >= 0.3 is 0 Å². The maximum Gasteiger partial charge on any atom is 0.0977 e. The van der Waals surface area contributed by atoms with Crippen molar-refractivity contribution in [1.29, 1.82) is 0 Å². The molecule has 0 aliphatic carbocycles. The van der Waals surface area contributed by atoms with Gasteiger partial charge in [0.2, 0.25) is 0 Å². The number of pyridine rings is 2. The molecule has 0 aliphatic rings. The molecule has 0 atom stereocenters. The molecular weight excluding hydrogens is 292 g/mol. The lowest BCUT2D eigenvalue weighted by molar-refractivity contribution is 1.37. The molecule has 2 heteroatoms. The zero-order valence-electron chi connectivity index (χ0n) is 12.8. The quantitative estimate of drug-likeness (QED) is 0.360. The van der Waals surface area contributed by atoms with Gasteiger partial charge in [0, 0.05) is 39.9 Å². The fraction of sp³-hybridized carbons (Fsp3) is 0. The highest BCUT2D eigenvalue weighted by molar-refractivity contribution is 6.05. The first-order valence-corrected chi connectivity index (χ1v) is 7.56. The van der Waals surface area contributed by atoms with Gasteiger partial charge in [-0.2, -0.15) is 0 Å². The SMILES string of the molecule is C#Cc1ccc(C#Cc2cc3cccnc3c3ncccc23)cc1. The van der Waals surface area contributed by atoms with E-state index in [0.29, 0.717) is 0 Å². The Morgan fingerprint density at radius 2 is 1.46 bits per heavy atom. The third kappa shape index (κ3) is 2.47. The summed E-state index contributed by atoms with van der Waals surface area (Å²) in [6.07, 6.45) is 8.95. The molecule has 0 fully saturated rings. The Bertz CT molecular complexity index is 1150. The molecule has 0 amide bonds. The van der Waals surface area contributed by atoms with Crippen molar-refractivity contribution in [2.24, 2.45) is 0 Å². The highest BCUT2D eigenvalue weighted by Crippen LogP contribution is 2.25. The summed E-state index contributed by atoms with van der Waals surface area (Å²) < 4.78 is 0. The number of benzene rings is 2. The molecule has 24 heavy (non-hydrogen) atoms. The van der Waals surface area contributed by atoms with Crippen molar-refractivity contribution in [2.75, 3.05) is 0 Å². The molecule has 0 spiro atoms. The Labute approximate surface area is 140 Å². The minimum atomic E-state index is 0.854. The smallest absolute Gasteiger partial charge is 0.0977 e. The van der Waals surface area contributed by atoms with E-state index >= 15 is 0 Å². The van der Waals surface area contributed by atoms with Gasteiger partial charge in [-0.3, -0.25) is 9.97 Å². The van der Waals surface area contributed by atoms with Gasteiger partial charge in [-0.05, 0) is 48.5 Å². The summed E-state index contributed by atoms with van der Waals surface area (Å²) in [5, 5.41) is 2.05. The molecule has 0 radical (unpaired) electrons. The van der Waals surface area contributed by atoms with Crippen LogP contribution >= 0.6 is 0 Å². The van der Waals surface area contributed by atoms with Crippen LogP contribution in [-0.4, -0.2) is 9.97 Å². The average Bonchev–Trinajstić information content (AvgIpc) is 2.66. The highest BCUT2D eigenvalue weighted by Gasteiger charge is 2.06. The number of rotatable bonds is 0. The van der Waals surface area contributed by atoms with Crippen molar-refractivity contribution in [3.05, 3.63) is 83.7 Å². The van der Waals surface area contributed by atoms with Crippen LogP contribution in [0, 0.1) is 24.2 Å². The first-order chi connectivity index (χ1) is 11.8. The number of fused-ring (bicyclic) bond motifs is 3. The molecule has 0 saturated carbocycles. The molecule has 2 aromatic carbocycles. The van der Waals surface area contributed by atoms with Crippen LogP contribution in [0.2, 0.25) is 0 Å². The predicted octanol–water partition coefficient (Wildman–Crippen LogP) is 4.16. The van der Waals surface area contributed by atoms with Crippen molar-refractivity contribution >= 4 is 21.8 Å². The second-order valence-electron chi connectivity index (χ2n) is 5.37. The van der Waals surface area contributed by atoms with E-state index in [-0.39, 0.29) is 0 Å². The minimum absolute atomic E-state index is 0.854. The van der Waals surface area contributed by atoms with Crippen molar-refractivity contribution in [2.45, 2.75) is 0 Å². The summed E-state index contributed by atoms with van der Waals surface area (Å²) in [4.78, 5) is 8.95. The van der Waals surface area contributed by atoms with Gasteiger partial charge < -0.3 is 0 Å². The molecule has 0 unspecified atom stereocenters. The Balaban J connectivity index is 1.90. The third-order valence-electron chi connectivity index (χ3n) is 3.85. The summed E-state index contributed by atoms with van der Waals surface area (Å²) in [5.41, 5.74) is 4.50. The van der Waals surface area contributed by atoms with Crippen LogP contribution in [0.25, 0.3) is 21.8 Å². The highest BCUT2D eigenvalue weighted by atomic mass is 14.7. The zero-order chi connectivity index (χ0) is 16.4. The maximum absolute atomic E-state index is 5.38. The van der Waals surface area contributed by atoms with Gasteiger partial charge in [0.15, 0.2) is 0 Å². The van der Waals surface area contributed by atoms with Crippen LogP contribution in [0.4, 0.5) is 0 Å². The van der Waals surface area contributed by atoms with Crippen LogP contribution in [0.15, 0.2) is 67.0 Å². The molecule has 4 rings (SSSR count). The molecule has 0 N–H and O–H groups in total. The minimum Gasteiger partial charge on any atom is -0.254 e. The van der Waals surface area contributed by atoms with Crippen molar-refractivity contribution in [3.63, 3.8) is 0 Å². The van der Waals surface area contributed by atoms with Gasteiger partial charge in [0.05, 0.1) is 11.0 Å². The van der Waals surface area contributed by atoms with Crippen molar-refractivity contribution in [1.82, 2.24) is 9.97 Å². The van der Waals surface area contributed by atoms with E-state index in [4.69, 9.17) is 6.42 Å². The lowest BCUT2D eigenvalue weighted by Gasteiger charge is -2.04. The first-order valence-electron chi connectivity index (χ1n) is 7.56. The monoisotopic (exact) mass is 304 g/mol. The number of aromatic nitrogens is 2.